The Bertz CT molecular complexity index is 671. The van der Waals surface area contributed by atoms with Gasteiger partial charge in [0.25, 0.3) is 0 Å². The molecule has 0 aromatic carbocycles. The number of nitrogens with one attached hydrogen (secondary N) is 3. The number of nitrogens with zero attached hydrogens (tertiary/aromatic N) is 3. The van der Waals surface area contributed by atoms with E-state index in [1.807, 2.05) is 6.92 Å². The van der Waals surface area contributed by atoms with Crippen LogP contribution in [0.2, 0.25) is 0 Å². The lowest BCUT2D eigenvalue weighted by Gasteiger charge is -2.14. The molecule has 0 aliphatic heterocycles. The van der Waals surface area contributed by atoms with Crippen LogP contribution >= 0.6 is 0 Å². The molecule has 0 amide bonds. The summed E-state index contributed by atoms with van der Waals surface area (Å²) in [5.74, 6) is 0.794. The van der Waals surface area contributed by atoms with Gasteiger partial charge < -0.3 is 5.32 Å². The van der Waals surface area contributed by atoms with E-state index < -0.39 is 16.1 Å². The second-order valence-corrected chi connectivity index (χ2v) is 6.17. The van der Waals surface area contributed by atoms with Gasteiger partial charge >= 0.3 is 0 Å². The van der Waals surface area contributed by atoms with Gasteiger partial charge in [0.05, 0.1) is 6.04 Å². The summed E-state index contributed by atoms with van der Waals surface area (Å²) in [5, 5.41) is 9.36. The maximum absolute atomic E-state index is 12.5. The van der Waals surface area contributed by atoms with Gasteiger partial charge in [-0.05, 0) is 25.5 Å². The highest BCUT2D eigenvalue weighted by Gasteiger charge is 2.23. The first kappa shape index (κ1) is 15.4. The summed E-state index contributed by atoms with van der Waals surface area (Å²) in [7, 11) is -3.71. The average Bonchev–Trinajstić information content (AvgIpc) is 2.99. The summed E-state index contributed by atoms with van der Waals surface area (Å²) in [6.45, 7) is 4.33. The first-order valence-corrected chi connectivity index (χ1v) is 8.09. The third kappa shape index (κ3) is 3.76. The Kier molecular flexibility index (Phi) is 4.86. The van der Waals surface area contributed by atoms with Crippen LogP contribution < -0.4 is 10.0 Å². The lowest BCUT2D eigenvalue weighted by atomic mass is 10.3. The Morgan fingerprint density at radius 2 is 2.19 bits per heavy atom. The molecule has 21 heavy (non-hydrogen) atoms. The highest BCUT2D eigenvalue weighted by molar-refractivity contribution is 7.89. The number of rotatable bonds is 7. The Hall–Kier alpha value is -2.00. The van der Waals surface area contributed by atoms with Crippen LogP contribution in [-0.4, -0.2) is 35.1 Å². The third-order valence-electron chi connectivity index (χ3n) is 2.78. The second kappa shape index (κ2) is 6.64. The van der Waals surface area contributed by atoms with Crippen LogP contribution in [0.1, 0.15) is 32.1 Å². The molecule has 2 aromatic heterocycles. The quantitative estimate of drug-likeness (QED) is 0.705. The van der Waals surface area contributed by atoms with E-state index in [0.29, 0.717) is 18.2 Å². The van der Waals surface area contributed by atoms with Crippen molar-refractivity contribution < 1.29 is 8.42 Å². The van der Waals surface area contributed by atoms with Crippen LogP contribution in [0.3, 0.4) is 0 Å². The zero-order valence-electron chi connectivity index (χ0n) is 11.9. The molecule has 0 saturated heterocycles. The van der Waals surface area contributed by atoms with E-state index in [-0.39, 0.29) is 4.90 Å². The first-order chi connectivity index (χ1) is 10.0. The average molecular weight is 310 g/mol. The number of anilines is 1. The summed E-state index contributed by atoms with van der Waals surface area (Å²) >= 11 is 0. The molecule has 0 aliphatic rings. The number of sulfonamides is 1. The van der Waals surface area contributed by atoms with Crippen molar-refractivity contribution in [2.75, 3.05) is 11.9 Å². The van der Waals surface area contributed by atoms with E-state index in [1.165, 1.54) is 12.4 Å². The Labute approximate surface area is 123 Å². The summed E-state index contributed by atoms with van der Waals surface area (Å²) in [5.41, 5.74) is 0. The van der Waals surface area contributed by atoms with Crippen LogP contribution in [-0.2, 0) is 10.0 Å². The van der Waals surface area contributed by atoms with Crippen molar-refractivity contribution in [3.8, 4) is 0 Å². The third-order valence-corrected chi connectivity index (χ3v) is 4.35. The summed E-state index contributed by atoms with van der Waals surface area (Å²) in [6, 6.07) is 2.59. The number of aromatic nitrogens is 4. The van der Waals surface area contributed by atoms with Gasteiger partial charge in [-0.15, -0.1) is 0 Å². The summed E-state index contributed by atoms with van der Waals surface area (Å²) in [6.07, 6.45) is 3.76. The predicted octanol–water partition coefficient (Wildman–Crippen LogP) is 1.06. The molecule has 1 unspecified atom stereocenters. The maximum Gasteiger partial charge on any atom is 0.244 e. The topological polar surface area (TPSA) is 113 Å². The minimum absolute atomic E-state index is 0.116. The molecule has 9 heteroatoms. The molecule has 2 aromatic rings. The number of hydrogen-bond acceptors (Lipinski definition) is 6. The van der Waals surface area contributed by atoms with Gasteiger partial charge in [0.15, 0.2) is 0 Å². The number of pyridine rings is 1. The molecule has 3 N–H and O–H groups in total. The van der Waals surface area contributed by atoms with E-state index in [1.54, 1.807) is 19.2 Å². The van der Waals surface area contributed by atoms with Gasteiger partial charge in [-0.3, -0.25) is 5.10 Å². The molecular formula is C12H18N6O2S. The minimum atomic E-state index is -3.71. The van der Waals surface area contributed by atoms with Crippen LogP contribution in [0.5, 0.6) is 0 Å². The zero-order valence-corrected chi connectivity index (χ0v) is 12.7. The van der Waals surface area contributed by atoms with Crippen LogP contribution in [0.15, 0.2) is 29.6 Å². The van der Waals surface area contributed by atoms with Crippen molar-refractivity contribution in [1.82, 2.24) is 24.9 Å². The molecule has 114 valence electrons. The number of hydrogen-bond donors (Lipinski definition) is 3. The van der Waals surface area contributed by atoms with Crippen molar-refractivity contribution in [2.45, 2.75) is 31.2 Å². The molecule has 0 spiro atoms. The van der Waals surface area contributed by atoms with E-state index >= 15 is 0 Å². The fourth-order valence-corrected chi connectivity index (χ4v) is 3.10. The van der Waals surface area contributed by atoms with Gasteiger partial charge in [0.2, 0.25) is 10.0 Å². The zero-order chi connectivity index (χ0) is 15.3. The van der Waals surface area contributed by atoms with Gasteiger partial charge in [-0.2, -0.15) is 5.10 Å². The van der Waals surface area contributed by atoms with Crippen molar-refractivity contribution in [3.63, 3.8) is 0 Å². The van der Waals surface area contributed by atoms with Crippen molar-refractivity contribution in [3.05, 3.63) is 30.5 Å². The molecule has 8 nitrogen and oxygen atoms in total. The van der Waals surface area contributed by atoms with E-state index in [9.17, 15) is 8.42 Å². The highest BCUT2D eigenvalue weighted by Crippen LogP contribution is 2.20. The Morgan fingerprint density at radius 1 is 1.38 bits per heavy atom. The highest BCUT2D eigenvalue weighted by atomic mass is 32.2. The smallest absolute Gasteiger partial charge is 0.244 e. The SMILES string of the molecule is CCCNc1ncccc1S(=O)(=O)NC(C)c1ncn[nH]1. The normalized spacial score (nSPS) is 13.0. The summed E-state index contributed by atoms with van der Waals surface area (Å²) in [4.78, 5) is 8.14. The lowest BCUT2D eigenvalue weighted by molar-refractivity contribution is 0.560. The monoisotopic (exact) mass is 310 g/mol. The molecule has 2 heterocycles. The van der Waals surface area contributed by atoms with Gasteiger partial charge in [-0.25, -0.2) is 23.1 Å². The largest absolute Gasteiger partial charge is 0.369 e. The van der Waals surface area contributed by atoms with Crippen molar-refractivity contribution in [2.24, 2.45) is 0 Å². The Morgan fingerprint density at radius 3 is 2.86 bits per heavy atom. The molecular weight excluding hydrogens is 292 g/mol. The molecule has 0 radical (unpaired) electrons. The molecule has 0 aliphatic carbocycles. The molecule has 2 rings (SSSR count). The Balaban J connectivity index is 2.23. The fraction of sp³-hybridized carbons (Fsp3) is 0.417. The maximum atomic E-state index is 12.5. The molecule has 1 atom stereocenters. The second-order valence-electron chi connectivity index (χ2n) is 4.49. The van der Waals surface area contributed by atoms with Gasteiger partial charge in [0.1, 0.15) is 22.9 Å². The van der Waals surface area contributed by atoms with Crippen LogP contribution in [0.4, 0.5) is 5.82 Å². The fourth-order valence-electron chi connectivity index (χ4n) is 1.76. The van der Waals surface area contributed by atoms with E-state index in [2.05, 4.69) is 30.2 Å². The molecule has 0 bridgehead atoms. The van der Waals surface area contributed by atoms with E-state index in [0.717, 1.165) is 6.42 Å². The molecule has 0 fully saturated rings. The predicted molar refractivity (Wildman–Crippen MR) is 78.1 cm³/mol. The first-order valence-electron chi connectivity index (χ1n) is 6.61. The molecule has 0 saturated carbocycles. The van der Waals surface area contributed by atoms with Crippen molar-refractivity contribution in [1.29, 1.82) is 0 Å². The number of H-pyrrole nitrogens is 1. The minimum Gasteiger partial charge on any atom is -0.369 e. The van der Waals surface area contributed by atoms with Crippen LogP contribution in [0.25, 0.3) is 0 Å². The summed E-state index contributed by atoms with van der Waals surface area (Å²) < 4.78 is 27.5. The van der Waals surface area contributed by atoms with E-state index in [4.69, 9.17) is 0 Å². The van der Waals surface area contributed by atoms with Gasteiger partial charge in [-0.1, -0.05) is 6.92 Å². The van der Waals surface area contributed by atoms with Gasteiger partial charge in [0, 0.05) is 12.7 Å². The number of aromatic amines is 1. The standard InChI is InChI=1S/C12H18N6O2S/c1-3-6-13-12-10(5-4-7-14-12)21(19,20)18-9(2)11-15-8-16-17-11/h4-5,7-9,18H,3,6H2,1-2H3,(H,13,14)(H,15,16,17). The van der Waals surface area contributed by atoms with Crippen molar-refractivity contribution >= 4 is 15.8 Å². The lowest BCUT2D eigenvalue weighted by Crippen LogP contribution is -2.28. The van der Waals surface area contributed by atoms with Crippen LogP contribution in [0, 0.1) is 0 Å².